The number of hydrogen-bond donors (Lipinski definition) is 1. The molecule has 3 aromatic rings. The quantitative estimate of drug-likeness (QED) is 0.337. The summed E-state index contributed by atoms with van der Waals surface area (Å²) in [6.45, 7) is 2.26. The molecule has 3 aliphatic rings. The van der Waals surface area contributed by atoms with E-state index >= 15 is 0 Å². The largest absolute Gasteiger partial charge is 0.419 e. The molecule has 2 saturated carbocycles. The Balaban J connectivity index is 1.36. The molecule has 0 saturated heterocycles. The predicted octanol–water partition coefficient (Wildman–Crippen LogP) is 6.34. The van der Waals surface area contributed by atoms with Gasteiger partial charge in [0.05, 0.1) is 17.2 Å². The molecule has 5 atom stereocenters. The second-order valence-corrected chi connectivity index (χ2v) is 11.1. The molecule has 37 heavy (non-hydrogen) atoms. The van der Waals surface area contributed by atoms with Crippen LogP contribution in [0.1, 0.15) is 76.8 Å². The number of rotatable bonds is 4. The average Bonchev–Trinajstić information content (AvgIpc) is 3.24. The number of carbonyl (C=O) groups excluding carboxylic acids is 2. The van der Waals surface area contributed by atoms with Gasteiger partial charge in [-0.3, -0.25) is 0 Å². The van der Waals surface area contributed by atoms with Crippen LogP contribution in [0.2, 0.25) is 0 Å². The van der Waals surface area contributed by atoms with Gasteiger partial charge < -0.3 is 14.6 Å². The highest BCUT2D eigenvalue weighted by Gasteiger charge is 2.54. The van der Waals surface area contributed by atoms with Crippen molar-refractivity contribution in [2.24, 2.45) is 17.3 Å². The predicted molar refractivity (Wildman–Crippen MR) is 140 cm³/mol. The zero-order valence-electron chi connectivity index (χ0n) is 21.1. The SMILES string of the molecule is C[C@]12CC[C@@H]3c4cc(OC(=O)c5ccccc5)c(OC(=O)c5ccccc5)cc4CC[C@H]3[C@@H]1CC[C@@H]2O. The maximum absolute atomic E-state index is 13.0. The number of aliphatic hydroxyl groups is 1. The van der Waals surface area contributed by atoms with Crippen LogP contribution in [-0.4, -0.2) is 23.1 Å². The van der Waals surface area contributed by atoms with Gasteiger partial charge in [-0.15, -0.1) is 0 Å². The molecule has 0 bridgehead atoms. The summed E-state index contributed by atoms with van der Waals surface area (Å²) in [5.41, 5.74) is 3.21. The number of hydrogen-bond acceptors (Lipinski definition) is 5. The third kappa shape index (κ3) is 4.25. The Hall–Kier alpha value is -3.44. The Morgan fingerprint density at radius 1 is 0.811 bits per heavy atom. The number of fused-ring (bicyclic) bond motifs is 5. The Bertz CT molecular complexity index is 1320. The lowest BCUT2D eigenvalue weighted by atomic mass is 9.55. The number of esters is 2. The first-order chi connectivity index (χ1) is 17.9. The van der Waals surface area contributed by atoms with E-state index < -0.39 is 11.9 Å². The normalized spacial score (nSPS) is 27.9. The molecule has 2 fully saturated rings. The van der Waals surface area contributed by atoms with Gasteiger partial charge in [-0.1, -0.05) is 43.3 Å². The highest BCUT2D eigenvalue weighted by atomic mass is 16.6. The first-order valence-electron chi connectivity index (χ1n) is 13.3. The van der Waals surface area contributed by atoms with Gasteiger partial charge in [-0.25, -0.2) is 9.59 Å². The van der Waals surface area contributed by atoms with E-state index in [1.165, 1.54) is 5.56 Å². The lowest BCUT2D eigenvalue weighted by Crippen LogP contribution is -2.43. The molecule has 5 heteroatoms. The third-order valence-electron chi connectivity index (χ3n) is 9.16. The summed E-state index contributed by atoms with van der Waals surface area (Å²) in [4.78, 5) is 25.9. The van der Waals surface area contributed by atoms with Gasteiger partial charge in [-0.2, -0.15) is 0 Å². The Morgan fingerprint density at radius 3 is 2.03 bits per heavy atom. The minimum absolute atomic E-state index is 0.00751. The van der Waals surface area contributed by atoms with Crippen molar-refractivity contribution in [2.75, 3.05) is 0 Å². The molecular formula is C32H32O5. The maximum atomic E-state index is 13.0. The minimum atomic E-state index is -0.486. The topological polar surface area (TPSA) is 72.8 Å². The molecule has 5 nitrogen and oxygen atoms in total. The zero-order valence-corrected chi connectivity index (χ0v) is 21.1. The van der Waals surface area contributed by atoms with Crippen LogP contribution < -0.4 is 9.47 Å². The summed E-state index contributed by atoms with van der Waals surface area (Å²) in [5, 5.41) is 10.7. The summed E-state index contributed by atoms with van der Waals surface area (Å²) < 4.78 is 11.7. The maximum Gasteiger partial charge on any atom is 0.343 e. The van der Waals surface area contributed by atoms with E-state index in [1.807, 2.05) is 24.3 Å². The van der Waals surface area contributed by atoms with Gasteiger partial charge in [0, 0.05) is 0 Å². The van der Waals surface area contributed by atoms with Gasteiger partial charge in [0.15, 0.2) is 11.5 Å². The molecule has 0 aliphatic heterocycles. The number of aliphatic hydroxyl groups excluding tert-OH is 1. The average molecular weight is 497 g/mol. The Labute approximate surface area is 217 Å². The smallest absolute Gasteiger partial charge is 0.343 e. The van der Waals surface area contributed by atoms with Crippen molar-refractivity contribution < 1.29 is 24.2 Å². The molecule has 3 aromatic carbocycles. The van der Waals surface area contributed by atoms with Crippen LogP contribution in [0.15, 0.2) is 72.8 Å². The lowest BCUT2D eigenvalue weighted by molar-refractivity contribution is -0.0226. The standard InChI is InChI=1S/C32H32O5/c1-32-17-16-23-24(26(32)14-15-29(32)33)13-12-22-18-27(36-30(34)20-8-4-2-5-9-20)28(19-25(22)23)37-31(35)21-10-6-3-7-11-21/h2-11,18-19,23-24,26,29,33H,12-17H2,1H3/t23-,24+,26-,29-,32-/m0/s1. The highest BCUT2D eigenvalue weighted by Crippen LogP contribution is 2.61. The first kappa shape index (κ1) is 23.9. The number of aryl methyl sites for hydroxylation is 1. The van der Waals surface area contributed by atoms with Crippen molar-refractivity contribution in [3.05, 3.63) is 95.1 Å². The summed E-state index contributed by atoms with van der Waals surface area (Å²) in [5.74, 6) is 0.920. The van der Waals surface area contributed by atoms with Crippen LogP contribution in [0.25, 0.3) is 0 Å². The summed E-state index contributed by atoms with van der Waals surface area (Å²) in [6, 6.07) is 21.5. The molecule has 6 rings (SSSR count). The second kappa shape index (κ2) is 9.46. The van der Waals surface area contributed by atoms with Crippen LogP contribution in [0.4, 0.5) is 0 Å². The van der Waals surface area contributed by atoms with E-state index in [4.69, 9.17) is 9.47 Å². The van der Waals surface area contributed by atoms with Crippen LogP contribution in [0.5, 0.6) is 11.5 Å². The van der Waals surface area contributed by atoms with Gasteiger partial charge in [0.2, 0.25) is 0 Å². The molecule has 0 heterocycles. The number of benzene rings is 3. The molecule has 0 amide bonds. The molecule has 0 aromatic heterocycles. The summed E-state index contributed by atoms with van der Waals surface area (Å²) in [7, 11) is 0. The third-order valence-corrected chi connectivity index (χ3v) is 9.16. The van der Waals surface area contributed by atoms with Crippen molar-refractivity contribution in [2.45, 2.75) is 57.5 Å². The molecule has 190 valence electrons. The van der Waals surface area contributed by atoms with Crippen molar-refractivity contribution in [1.29, 1.82) is 0 Å². The monoisotopic (exact) mass is 496 g/mol. The summed E-state index contributed by atoms with van der Waals surface area (Å²) in [6.07, 6.45) is 5.65. The fraction of sp³-hybridized carbons (Fsp3) is 0.375. The Morgan fingerprint density at radius 2 is 1.41 bits per heavy atom. The zero-order chi connectivity index (χ0) is 25.6. The van der Waals surface area contributed by atoms with Gasteiger partial charge >= 0.3 is 11.9 Å². The van der Waals surface area contributed by atoms with Crippen molar-refractivity contribution in [3.63, 3.8) is 0 Å². The van der Waals surface area contributed by atoms with Gasteiger partial charge in [0.25, 0.3) is 0 Å². The number of carbonyl (C=O) groups is 2. The van der Waals surface area contributed by atoms with E-state index in [9.17, 15) is 14.7 Å². The van der Waals surface area contributed by atoms with Gasteiger partial charge in [-0.05, 0) is 109 Å². The minimum Gasteiger partial charge on any atom is -0.419 e. The van der Waals surface area contributed by atoms with Crippen molar-refractivity contribution in [1.82, 2.24) is 0 Å². The van der Waals surface area contributed by atoms with E-state index in [2.05, 4.69) is 6.92 Å². The summed E-state index contributed by atoms with van der Waals surface area (Å²) >= 11 is 0. The van der Waals surface area contributed by atoms with Crippen LogP contribution >= 0.6 is 0 Å². The molecule has 0 spiro atoms. The van der Waals surface area contributed by atoms with E-state index in [0.717, 1.165) is 44.1 Å². The van der Waals surface area contributed by atoms with E-state index in [-0.39, 0.29) is 23.0 Å². The first-order valence-corrected chi connectivity index (χ1v) is 13.3. The number of ether oxygens (including phenoxy) is 2. The van der Waals surface area contributed by atoms with E-state index in [1.54, 1.807) is 48.5 Å². The van der Waals surface area contributed by atoms with Crippen molar-refractivity contribution >= 4 is 11.9 Å². The molecule has 0 unspecified atom stereocenters. The van der Waals surface area contributed by atoms with Crippen LogP contribution in [-0.2, 0) is 6.42 Å². The fourth-order valence-electron chi connectivity index (χ4n) is 7.18. The lowest BCUT2D eigenvalue weighted by Gasteiger charge is -2.50. The highest BCUT2D eigenvalue weighted by molar-refractivity contribution is 5.93. The van der Waals surface area contributed by atoms with Crippen LogP contribution in [0, 0.1) is 17.3 Å². The van der Waals surface area contributed by atoms with Crippen LogP contribution in [0.3, 0.4) is 0 Å². The molecular weight excluding hydrogens is 464 g/mol. The Kier molecular flexibility index (Phi) is 6.12. The van der Waals surface area contributed by atoms with Crippen molar-refractivity contribution in [3.8, 4) is 11.5 Å². The molecule has 1 N–H and O–H groups in total. The van der Waals surface area contributed by atoms with E-state index in [0.29, 0.717) is 28.9 Å². The molecule has 0 radical (unpaired) electrons. The fourth-order valence-corrected chi connectivity index (χ4v) is 7.18. The van der Waals surface area contributed by atoms with Gasteiger partial charge in [0.1, 0.15) is 0 Å². The second-order valence-electron chi connectivity index (χ2n) is 11.1. The molecule has 3 aliphatic carbocycles.